The van der Waals surface area contributed by atoms with Gasteiger partial charge >= 0.3 is 12.3 Å². The normalized spacial score (nSPS) is 11.1. The predicted octanol–water partition coefficient (Wildman–Crippen LogP) is 4.26. The third kappa shape index (κ3) is 6.46. The van der Waals surface area contributed by atoms with E-state index in [0.29, 0.717) is 4.47 Å². The molecule has 8 heteroatoms. The number of halogens is 4. The number of Topliss-reactive ketones (excluding diaryl/α,β-unsaturated/α-hetero) is 1. The number of hydrogen-bond acceptors (Lipinski definition) is 4. The maximum atomic E-state index is 12.3. The standard InChI is InChI=1S/C14H14BrF3O4/c1-2-21-13(20)5-3-4-11(19)10-7-6-9(15)8-12(10)22-14(16,17)18/h6-8H,2-5H2,1H3. The minimum Gasteiger partial charge on any atom is -0.466 e. The van der Waals surface area contributed by atoms with E-state index in [4.69, 9.17) is 4.74 Å². The molecule has 22 heavy (non-hydrogen) atoms. The maximum absolute atomic E-state index is 12.3. The van der Waals surface area contributed by atoms with Gasteiger partial charge in [-0.25, -0.2) is 0 Å². The molecule has 0 atom stereocenters. The highest BCUT2D eigenvalue weighted by Crippen LogP contribution is 2.30. The molecule has 0 radical (unpaired) electrons. The predicted molar refractivity (Wildman–Crippen MR) is 75.6 cm³/mol. The monoisotopic (exact) mass is 382 g/mol. The number of carbonyl (C=O) groups excluding carboxylic acids is 2. The van der Waals surface area contributed by atoms with Crippen molar-refractivity contribution in [1.82, 2.24) is 0 Å². The van der Waals surface area contributed by atoms with Crippen LogP contribution in [0.1, 0.15) is 36.5 Å². The lowest BCUT2D eigenvalue weighted by Gasteiger charge is -2.13. The Balaban J connectivity index is 2.74. The van der Waals surface area contributed by atoms with Crippen molar-refractivity contribution >= 4 is 27.7 Å². The molecule has 122 valence electrons. The number of alkyl halides is 3. The summed E-state index contributed by atoms with van der Waals surface area (Å²) in [4.78, 5) is 23.1. The van der Waals surface area contributed by atoms with Crippen molar-refractivity contribution in [3.05, 3.63) is 28.2 Å². The molecule has 0 spiro atoms. The summed E-state index contributed by atoms with van der Waals surface area (Å²) in [5, 5.41) is 0. The molecule has 0 aliphatic rings. The van der Waals surface area contributed by atoms with Crippen LogP contribution in [0.5, 0.6) is 5.75 Å². The highest BCUT2D eigenvalue weighted by Gasteiger charge is 2.33. The minimum atomic E-state index is -4.89. The first kappa shape index (κ1) is 18.5. The Bertz CT molecular complexity index is 543. The summed E-state index contributed by atoms with van der Waals surface area (Å²) >= 11 is 3.02. The summed E-state index contributed by atoms with van der Waals surface area (Å²) in [6, 6.07) is 3.77. The van der Waals surface area contributed by atoms with Crippen LogP contribution in [0.3, 0.4) is 0 Å². The second-order valence-electron chi connectivity index (χ2n) is 4.27. The van der Waals surface area contributed by atoms with Gasteiger partial charge in [0.1, 0.15) is 5.75 Å². The average molecular weight is 383 g/mol. The van der Waals surface area contributed by atoms with E-state index in [9.17, 15) is 22.8 Å². The van der Waals surface area contributed by atoms with E-state index in [1.807, 2.05) is 0 Å². The van der Waals surface area contributed by atoms with Gasteiger partial charge in [-0.2, -0.15) is 0 Å². The van der Waals surface area contributed by atoms with Gasteiger partial charge < -0.3 is 9.47 Å². The van der Waals surface area contributed by atoms with E-state index in [1.165, 1.54) is 12.1 Å². The number of esters is 1. The molecule has 0 unspecified atom stereocenters. The molecule has 1 aromatic carbocycles. The lowest BCUT2D eigenvalue weighted by Crippen LogP contribution is -2.19. The fourth-order valence-electron chi connectivity index (χ4n) is 1.70. The van der Waals surface area contributed by atoms with Gasteiger partial charge in [-0.1, -0.05) is 15.9 Å². The second kappa shape index (κ2) is 8.17. The number of hydrogen-bond donors (Lipinski definition) is 0. The third-order valence-electron chi connectivity index (χ3n) is 2.56. The SMILES string of the molecule is CCOC(=O)CCCC(=O)c1ccc(Br)cc1OC(F)(F)F. The second-order valence-corrected chi connectivity index (χ2v) is 5.19. The number of benzene rings is 1. The minimum absolute atomic E-state index is 0.0333. The van der Waals surface area contributed by atoms with Crippen LogP contribution in [0.4, 0.5) is 13.2 Å². The van der Waals surface area contributed by atoms with Crippen LogP contribution >= 0.6 is 15.9 Å². The lowest BCUT2D eigenvalue weighted by molar-refractivity contribution is -0.274. The van der Waals surface area contributed by atoms with Gasteiger partial charge in [0.05, 0.1) is 12.2 Å². The van der Waals surface area contributed by atoms with Crippen molar-refractivity contribution in [3.8, 4) is 5.75 Å². The van der Waals surface area contributed by atoms with Crippen molar-refractivity contribution in [2.75, 3.05) is 6.61 Å². The van der Waals surface area contributed by atoms with Crippen molar-refractivity contribution in [3.63, 3.8) is 0 Å². The van der Waals surface area contributed by atoms with Crippen molar-refractivity contribution in [1.29, 1.82) is 0 Å². The van der Waals surface area contributed by atoms with Crippen LogP contribution in [0.15, 0.2) is 22.7 Å². The molecule has 1 rings (SSSR count). The summed E-state index contributed by atoms with van der Waals surface area (Å²) in [5.41, 5.74) is -0.176. The van der Waals surface area contributed by atoms with Crippen LogP contribution in [0, 0.1) is 0 Å². The zero-order valence-corrected chi connectivity index (χ0v) is 13.3. The smallest absolute Gasteiger partial charge is 0.466 e. The highest BCUT2D eigenvalue weighted by atomic mass is 79.9. The average Bonchev–Trinajstić information content (AvgIpc) is 2.37. The summed E-state index contributed by atoms with van der Waals surface area (Å²) in [6.07, 6.45) is -4.74. The number of carbonyl (C=O) groups is 2. The Morgan fingerprint density at radius 2 is 1.91 bits per heavy atom. The van der Waals surface area contributed by atoms with E-state index in [0.717, 1.165) is 6.07 Å². The van der Waals surface area contributed by atoms with Crippen LogP contribution in [-0.2, 0) is 9.53 Å². The van der Waals surface area contributed by atoms with Crippen LogP contribution in [-0.4, -0.2) is 24.7 Å². The van der Waals surface area contributed by atoms with Gasteiger partial charge in [-0.3, -0.25) is 9.59 Å². The molecule has 1 aromatic rings. The van der Waals surface area contributed by atoms with Gasteiger partial charge in [0, 0.05) is 17.3 Å². The fraction of sp³-hybridized carbons (Fsp3) is 0.429. The molecule has 0 amide bonds. The summed E-state index contributed by atoms with van der Waals surface area (Å²) in [6.45, 7) is 1.90. The van der Waals surface area contributed by atoms with Gasteiger partial charge in [0.25, 0.3) is 0 Å². The fourth-order valence-corrected chi connectivity index (χ4v) is 2.04. The maximum Gasteiger partial charge on any atom is 0.573 e. The van der Waals surface area contributed by atoms with Crippen LogP contribution in [0.2, 0.25) is 0 Å². The number of ketones is 1. The highest BCUT2D eigenvalue weighted by molar-refractivity contribution is 9.10. The van der Waals surface area contributed by atoms with Crippen LogP contribution in [0.25, 0.3) is 0 Å². The molecule has 0 N–H and O–H groups in total. The Hall–Kier alpha value is -1.57. The number of rotatable bonds is 7. The first-order chi connectivity index (χ1) is 10.2. The van der Waals surface area contributed by atoms with Gasteiger partial charge in [0.15, 0.2) is 5.78 Å². The molecular weight excluding hydrogens is 369 g/mol. The largest absolute Gasteiger partial charge is 0.573 e. The van der Waals surface area contributed by atoms with Crippen molar-refractivity contribution in [2.45, 2.75) is 32.5 Å². The summed E-state index contributed by atoms with van der Waals surface area (Å²) in [7, 11) is 0. The molecule has 0 saturated heterocycles. The Morgan fingerprint density at radius 1 is 1.23 bits per heavy atom. The lowest BCUT2D eigenvalue weighted by atomic mass is 10.0. The van der Waals surface area contributed by atoms with E-state index in [1.54, 1.807) is 6.92 Å². The molecule has 0 aromatic heterocycles. The molecule has 4 nitrogen and oxygen atoms in total. The molecule has 0 heterocycles. The first-order valence-corrected chi connectivity index (χ1v) is 7.26. The Kier molecular flexibility index (Phi) is 6.86. The molecule has 0 aliphatic heterocycles. The van der Waals surface area contributed by atoms with Gasteiger partial charge in [0.2, 0.25) is 0 Å². The summed E-state index contributed by atoms with van der Waals surface area (Å²) in [5.74, 6) is -1.54. The number of ether oxygens (including phenoxy) is 2. The molecule has 0 bridgehead atoms. The third-order valence-corrected chi connectivity index (χ3v) is 3.05. The van der Waals surface area contributed by atoms with Crippen molar-refractivity contribution < 1.29 is 32.2 Å². The van der Waals surface area contributed by atoms with E-state index in [2.05, 4.69) is 20.7 Å². The van der Waals surface area contributed by atoms with E-state index in [-0.39, 0.29) is 31.4 Å². The molecule has 0 saturated carbocycles. The van der Waals surface area contributed by atoms with Gasteiger partial charge in [-0.05, 0) is 31.5 Å². The molecule has 0 fully saturated rings. The topological polar surface area (TPSA) is 52.6 Å². The first-order valence-electron chi connectivity index (χ1n) is 6.47. The quantitative estimate of drug-likeness (QED) is 0.522. The summed E-state index contributed by atoms with van der Waals surface area (Å²) < 4.78 is 46.0. The van der Waals surface area contributed by atoms with E-state index >= 15 is 0 Å². The van der Waals surface area contributed by atoms with E-state index < -0.39 is 23.9 Å². The molecule has 0 aliphatic carbocycles. The zero-order valence-electron chi connectivity index (χ0n) is 11.7. The Labute approximate surface area is 133 Å². The van der Waals surface area contributed by atoms with Crippen molar-refractivity contribution in [2.24, 2.45) is 0 Å². The zero-order chi connectivity index (χ0) is 16.8. The molecular formula is C14H14BrF3O4. The Morgan fingerprint density at radius 3 is 2.50 bits per heavy atom. The van der Waals surface area contributed by atoms with Gasteiger partial charge in [-0.15, -0.1) is 13.2 Å². The van der Waals surface area contributed by atoms with Crippen LogP contribution < -0.4 is 4.74 Å².